The molecule has 0 rings (SSSR count). The molecule has 2 amide bonds. The number of amides is 2. The van der Waals surface area contributed by atoms with Gasteiger partial charge in [0.1, 0.15) is 0 Å². The van der Waals surface area contributed by atoms with Crippen LogP contribution in [0.25, 0.3) is 0 Å². The standard InChI is InChI=1S/C41H80N6O3/c1-3-5-7-9-11-13-15-17-18-20-22-24-26-28-30-32-40(49)46-38(36-47(44)35-37(43)34-45-41(50)33-42)39(48)31-29-27-25-23-21-19-16-14-12-10-8-6-4-2/h17-18,29,31,35,38-39,48H,3-16,19-28,30,32-34,36,42-44H2,1-2H3,(H,45,50)(H,46,49)/b18-17-,31-29+,37-35-/t38-,39+/m0/s1. The minimum Gasteiger partial charge on any atom is -0.399 e. The predicted octanol–water partition coefficient (Wildman–Crippen LogP) is 8.18. The first-order valence-electron chi connectivity index (χ1n) is 20.6. The van der Waals surface area contributed by atoms with Crippen LogP contribution >= 0.6 is 0 Å². The van der Waals surface area contributed by atoms with Crippen molar-refractivity contribution in [2.75, 3.05) is 19.6 Å². The number of aliphatic hydroxyl groups is 1. The van der Waals surface area contributed by atoms with Crippen LogP contribution in [0.3, 0.4) is 0 Å². The summed E-state index contributed by atoms with van der Waals surface area (Å²) in [6.07, 6.45) is 40.4. The highest BCUT2D eigenvalue weighted by atomic mass is 16.3. The van der Waals surface area contributed by atoms with E-state index in [2.05, 4.69) is 36.6 Å². The zero-order chi connectivity index (χ0) is 36.9. The summed E-state index contributed by atoms with van der Waals surface area (Å²) in [5.41, 5.74) is 11.7. The molecule has 0 radical (unpaired) electrons. The fourth-order valence-electron chi connectivity index (χ4n) is 5.98. The first-order chi connectivity index (χ1) is 24.3. The Bertz CT molecular complexity index is 878. The number of nitrogens with one attached hydrogen (secondary N) is 2. The van der Waals surface area contributed by atoms with Crippen LogP contribution in [-0.2, 0) is 9.59 Å². The van der Waals surface area contributed by atoms with Crippen LogP contribution in [0.5, 0.6) is 0 Å². The Morgan fingerprint density at radius 3 is 1.58 bits per heavy atom. The first kappa shape index (κ1) is 47.6. The molecule has 0 spiro atoms. The van der Waals surface area contributed by atoms with Gasteiger partial charge in [-0.2, -0.15) is 0 Å². The average Bonchev–Trinajstić information content (AvgIpc) is 3.10. The molecule has 0 aromatic rings. The van der Waals surface area contributed by atoms with Crippen molar-refractivity contribution in [1.29, 1.82) is 0 Å². The summed E-state index contributed by atoms with van der Waals surface area (Å²) in [5, 5.41) is 18.0. The van der Waals surface area contributed by atoms with Gasteiger partial charge in [-0.15, -0.1) is 0 Å². The molecule has 0 heterocycles. The minimum absolute atomic E-state index is 0.0917. The number of hydrogen-bond donors (Lipinski definition) is 6. The molecule has 0 aliphatic carbocycles. The molecule has 9 N–H and O–H groups in total. The molecule has 0 fully saturated rings. The van der Waals surface area contributed by atoms with Crippen LogP contribution in [0, 0.1) is 0 Å². The number of carbonyl (C=O) groups excluding carboxylic acids is 2. The summed E-state index contributed by atoms with van der Waals surface area (Å²) in [4.78, 5) is 24.3. The number of nitrogens with zero attached hydrogens (tertiary/aromatic N) is 1. The van der Waals surface area contributed by atoms with Crippen molar-refractivity contribution in [3.63, 3.8) is 0 Å². The van der Waals surface area contributed by atoms with E-state index >= 15 is 0 Å². The summed E-state index contributed by atoms with van der Waals surface area (Å²) in [5.74, 6) is 5.78. The summed E-state index contributed by atoms with van der Waals surface area (Å²) < 4.78 is 0. The van der Waals surface area contributed by atoms with Crippen LogP contribution in [0.2, 0.25) is 0 Å². The van der Waals surface area contributed by atoms with E-state index in [-0.39, 0.29) is 31.4 Å². The summed E-state index contributed by atoms with van der Waals surface area (Å²) in [7, 11) is 0. The van der Waals surface area contributed by atoms with Crippen LogP contribution in [0.1, 0.15) is 181 Å². The molecule has 0 saturated carbocycles. The predicted molar refractivity (Wildman–Crippen MR) is 213 cm³/mol. The van der Waals surface area contributed by atoms with E-state index < -0.39 is 12.1 Å². The second-order valence-electron chi connectivity index (χ2n) is 14.1. The normalized spacial score (nSPS) is 13.3. The van der Waals surface area contributed by atoms with Crippen LogP contribution in [-0.4, -0.2) is 53.7 Å². The van der Waals surface area contributed by atoms with Gasteiger partial charge in [-0.3, -0.25) is 9.59 Å². The van der Waals surface area contributed by atoms with E-state index in [9.17, 15) is 14.7 Å². The van der Waals surface area contributed by atoms with Crippen LogP contribution < -0.4 is 27.9 Å². The highest BCUT2D eigenvalue weighted by Crippen LogP contribution is 2.13. The average molecular weight is 705 g/mol. The van der Waals surface area contributed by atoms with Gasteiger partial charge in [0, 0.05) is 18.3 Å². The quantitative estimate of drug-likeness (QED) is 0.0166. The second kappa shape index (κ2) is 36.4. The van der Waals surface area contributed by atoms with Crippen molar-refractivity contribution < 1.29 is 14.7 Å². The maximum absolute atomic E-state index is 12.9. The molecular formula is C41H80N6O3. The molecule has 292 valence electrons. The highest BCUT2D eigenvalue weighted by molar-refractivity contribution is 5.78. The number of hydrogen-bond acceptors (Lipinski definition) is 7. The molecule has 0 bridgehead atoms. The number of allylic oxidation sites excluding steroid dienone is 3. The Morgan fingerprint density at radius 1 is 0.660 bits per heavy atom. The van der Waals surface area contributed by atoms with Gasteiger partial charge in [0.2, 0.25) is 11.8 Å². The summed E-state index contributed by atoms with van der Waals surface area (Å²) in [6.45, 7) is 4.66. The molecule has 0 aromatic carbocycles. The van der Waals surface area contributed by atoms with Gasteiger partial charge in [-0.05, 0) is 44.9 Å². The molecule has 0 aliphatic heterocycles. The van der Waals surface area contributed by atoms with Gasteiger partial charge >= 0.3 is 0 Å². The third-order valence-electron chi connectivity index (χ3n) is 9.15. The number of rotatable bonds is 36. The smallest absolute Gasteiger partial charge is 0.234 e. The van der Waals surface area contributed by atoms with Crippen molar-refractivity contribution in [3.8, 4) is 0 Å². The van der Waals surface area contributed by atoms with Gasteiger partial charge in [-0.25, -0.2) is 5.84 Å². The fourth-order valence-corrected chi connectivity index (χ4v) is 5.98. The first-order valence-corrected chi connectivity index (χ1v) is 20.6. The Morgan fingerprint density at radius 2 is 1.10 bits per heavy atom. The van der Waals surface area contributed by atoms with Crippen LogP contribution in [0.4, 0.5) is 0 Å². The lowest BCUT2D eigenvalue weighted by atomic mass is 10.0. The molecular weight excluding hydrogens is 624 g/mol. The van der Waals surface area contributed by atoms with Crippen molar-refractivity contribution in [3.05, 3.63) is 36.2 Å². The second-order valence-corrected chi connectivity index (χ2v) is 14.1. The van der Waals surface area contributed by atoms with Gasteiger partial charge in [0.25, 0.3) is 0 Å². The lowest BCUT2D eigenvalue weighted by Crippen LogP contribution is -2.50. The van der Waals surface area contributed by atoms with Gasteiger partial charge in [0.15, 0.2) is 0 Å². The molecule has 50 heavy (non-hydrogen) atoms. The minimum atomic E-state index is -0.890. The SMILES string of the molecule is CCCCCCCC/C=C\CCCCCCCC(=O)N[C@@H](CN(N)/C=C(\N)CNC(=O)CN)[C@H](O)/C=C/CCCCCCCCCCCCC. The van der Waals surface area contributed by atoms with Crippen molar-refractivity contribution in [1.82, 2.24) is 15.6 Å². The summed E-state index contributed by atoms with van der Waals surface area (Å²) >= 11 is 0. The Hall–Kier alpha value is -2.36. The monoisotopic (exact) mass is 705 g/mol. The Balaban J connectivity index is 4.54. The number of aliphatic hydroxyl groups excluding tert-OH is 1. The molecule has 0 aromatic heterocycles. The molecule has 0 aliphatic rings. The zero-order valence-corrected chi connectivity index (χ0v) is 32.5. The largest absolute Gasteiger partial charge is 0.399 e. The van der Waals surface area contributed by atoms with Gasteiger partial charge in [-0.1, -0.05) is 154 Å². The van der Waals surface area contributed by atoms with E-state index in [0.717, 1.165) is 38.5 Å². The van der Waals surface area contributed by atoms with Gasteiger partial charge in [0.05, 0.1) is 31.8 Å². The lowest BCUT2D eigenvalue weighted by Gasteiger charge is -2.27. The molecule has 9 heteroatoms. The number of carbonyl (C=O) groups is 2. The van der Waals surface area contributed by atoms with E-state index in [1.165, 1.54) is 133 Å². The summed E-state index contributed by atoms with van der Waals surface area (Å²) in [6, 6.07) is -0.605. The van der Waals surface area contributed by atoms with E-state index in [1.54, 1.807) is 6.08 Å². The molecule has 2 atom stereocenters. The van der Waals surface area contributed by atoms with Crippen LogP contribution in [0.15, 0.2) is 36.2 Å². The third kappa shape index (κ3) is 32.8. The number of hydrazine groups is 1. The van der Waals surface area contributed by atoms with E-state index in [0.29, 0.717) is 12.1 Å². The maximum Gasteiger partial charge on any atom is 0.234 e. The van der Waals surface area contributed by atoms with Gasteiger partial charge < -0.3 is 32.2 Å². The molecule has 0 saturated heterocycles. The topological polar surface area (TPSA) is 160 Å². The van der Waals surface area contributed by atoms with Crippen molar-refractivity contribution >= 4 is 11.8 Å². The van der Waals surface area contributed by atoms with E-state index in [4.69, 9.17) is 17.3 Å². The number of unbranched alkanes of at least 4 members (excludes halogenated alkanes) is 22. The number of nitrogens with two attached hydrogens (primary N) is 3. The highest BCUT2D eigenvalue weighted by Gasteiger charge is 2.21. The molecule has 0 unspecified atom stereocenters. The maximum atomic E-state index is 12.9. The Labute approximate surface area is 307 Å². The Kier molecular flexibility index (Phi) is 34.7. The van der Waals surface area contributed by atoms with Crippen molar-refractivity contribution in [2.24, 2.45) is 17.3 Å². The fraction of sp³-hybridized carbons (Fsp3) is 0.805. The third-order valence-corrected chi connectivity index (χ3v) is 9.15. The van der Waals surface area contributed by atoms with Crippen molar-refractivity contribution in [2.45, 2.75) is 193 Å². The lowest BCUT2D eigenvalue weighted by molar-refractivity contribution is -0.122. The molecule has 9 nitrogen and oxygen atoms in total. The van der Waals surface area contributed by atoms with E-state index in [1.807, 2.05) is 6.08 Å². The zero-order valence-electron chi connectivity index (χ0n) is 32.5.